The molecule has 1 N–H and O–H groups in total. The van der Waals surface area contributed by atoms with Gasteiger partial charge in [-0.25, -0.2) is 0 Å². The number of benzene rings is 1. The van der Waals surface area contributed by atoms with E-state index in [4.69, 9.17) is 5.11 Å². The zero-order chi connectivity index (χ0) is 11.4. The number of hydrogen-bond donors (Lipinski definition) is 1. The summed E-state index contributed by atoms with van der Waals surface area (Å²) in [4.78, 5) is 13.3. The van der Waals surface area contributed by atoms with Crippen LogP contribution in [-0.2, 0) is 4.79 Å². The quantitative estimate of drug-likeness (QED) is 0.773. The van der Waals surface area contributed by atoms with Gasteiger partial charge >= 0.3 is 0 Å². The van der Waals surface area contributed by atoms with E-state index in [0.717, 1.165) is 30.6 Å². The Balaban J connectivity index is 2.06. The first-order valence-electron chi connectivity index (χ1n) is 5.47. The lowest BCUT2D eigenvalue weighted by atomic mass is 10.1. The molecule has 1 fully saturated rings. The molecule has 0 amide bonds. The second-order valence-corrected chi connectivity index (χ2v) is 3.93. The molecule has 0 radical (unpaired) electrons. The number of piperidine rings is 1. The van der Waals surface area contributed by atoms with Crippen LogP contribution in [-0.4, -0.2) is 24.0 Å². The van der Waals surface area contributed by atoms with Crippen LogP contribution in [0, 0.1) is 0 Å². The molecule has 1 saturated heterocycles. The number of rotatable bonds is 2. The Kier molecular flexibility index (Phi) is 3.25. The molecule has 2 rings (SSSR count). The zero-order valence-corrected chi connectivity index (χ0v) is 9.10. The maximum absolute atomic E-state index is 11.1. The maximum atomic E-state index is 11.1. The van der Waals surface area contributed by atoms with E-state index in [-0.39, 0.29) is 0 Å². The predicted octanol–water partition coefficient (Wildman–Crippen LogP) is 2.38. The van der Waals surface area contributed by atoms with E-state index in [1.165, 1.54) is 0 Å². The van der Waals surface area contributed by atoms with Crippen LogP contribution in [0.4, 0.5) is 5.69 Å². The monoisotopic (exact) mass is 217 g/mol. The molecule has 1 aromatic carbocycles. The van der Waals surface area contributed by atoms with Crippen LogP contribution in [0.3, 0.4) is 0 Å². The van der Waals surface area contributed by atoms with E-state index in [1.807, 2.05) is 24.3 Å². The Labute approximate surface area is 95.0 Å². The number of carbonyl (C=O) groups is 1. The summed E-state index contributed by atoms with van der Waals surface area (Å²) in [6.45, 7) is 1.63. The molecule has 1 aliphatic heterocycles. The number of carbonyl (C=O) groups excluding carboxylic acids is 1. The minimum Gasteiger partial charge on any atom is -0.516 e. The number of ketones is 1. The predicted molar refractivity (Wildman–Crippen MR) is 64.6 cm³/mol. The number of Topliss-reactive ketones (excluding diaryl/α,β-unsaturated/α-hetero) is 1. The molecule has 1 aliphatic rings. The van der Waals surface area contributed by atoms with Crippen molar-refractivity contribution in [3.05, 3.63) is 36.1 Å². The Morgan fingerprint density at radius 1 is 1.12 bits per heavy atom. The van der Waals surface area contributed by atoms with Gasteiger partial charge < -0.3 is 10.0 Å². The fourth-order valence-corrected chi connectivity index (χ4v) is 1.90. The molecule has 1 aromatic rings. The summed E-state index contributed by atoms with van der Waals surface area (Å²) in [6, 6.07) is 7.95. The van der Waals surface area contributed by atoms with Crippen LogP contribution in [0.25, 0.3) is 6.08 Å². The fraction of sp³-hybridized carbons (Fsp3) is 0.308. The highest BCUT2D eigenvalue weighted by Crippen LogP contribution is 2.19. The van der Waals surface area contributed by atoms with Gasteiger partial charge in [0.05, 0.1) is 6.26 Å². The standard InChI is InChI=1S/C13H15NO2/c15-10-7-11-1-3-12(4-2-11)14-8-5-13(16)6-9-14/h1-4,7,10,15H,5-6,8-9H2/b10-7+. The van der Waals surface area contributed by atoms with Gasteiger partial charge in [0.2, 0.25) is 0 Å². The normalized spacial score (nSPS) is 17.0. The van der Waals surface area contributed by atoms with Crippen molar-refractivity contribution < 1.29 is 9.90 Å². The summed E-state index contributed by atoms with van der Waals surface area (Å²) in [6.07, 6.45) is 3.98. The average molecular weight is 217 g/mol. The number of anilines is 1. The fourth-order valence-electron chi connectivity index (χ4n) is 1.90. The number of aliphatic hydroxyl groups excluding tert-OH is 1. The van der Waals surface area contributed by atoms with Gasteiger partial charge in [-0.1, -0.05) is 12.1 Å². The third-order valence-electron chi connectivity index (χ3n) is 2.85. The Bertz CT molecular complexity index is 385. The van der Waals surface area contributed by atoms with E-state index >= 15 is 0 Å². The van der Waals surface area contributed by atoms with Crippen LogP contribution < -0.4 is 4.90 Å². The molecule has 84 valence electrons. The summed E-state index contributed by atoms with van der Waals surface area (Å²) < 4.78 is 0. The highest BCUT2D eigenvalue weighted by atomic mass is 16.2. The van der Waals surface area contributed by atoms with Gasteiger partial charge in [-0.05, 0) is 23.8 Å². The summed E-state index contributed by atoms with van der Waals surface area (Å²) in [5.74, 6) is 0.357. The zero-order valence-electron chi connectivity index (χ0n) is 9.10. The molecule has 3 heteroatoms. The van der Waals surface area contributed by atoms with Gasteiger partial charge in [0.25, 0.3) is 0 Å². The second kappa shape index (κ2) is 4.84. The lowest BCUT2D eigenvalue weighted by Gasteiger charge is -2.28. The van der Waals surface area contributed by atoms with Gasteiger partial charge in [0, 0.05) is 31.6 Å². The topological polar surface area (TPSA) is 40.5 Å². The molecule has 16 heavy (non-hydrogen) atoms. The Morgan fingerprint density at radius 2 is 1.75 bits per heavy atom. The Morgan fingerprint density at radius 3 is 2.31 bits per heavy atom. The van der Waals surface area contributed by atoms with E-state index in [9.17, 15) is 4.79 Å². The van der Waals surface area contributed by atoms with Crippen molar-refractivity contribution in [1.29, 1.82) is 0 Å². The van der Waals surface area contributed by atoms with Crippen molar-refractivity contribution in [2.45, 2.75) is 12.8 Å². The number of aliphatic hydroxyl groups is 1. The van der Waals surface area contributed by atoms with Crippen molar-refractivity contribution in [2.75, 3.05) is 18.0 Å². The van der Waals surface area contributed by atoms with E-state index < -0.39 is 0 Å². The third kappa shape index (κ3) is 2.42. The van der Waals surface area contributed by atoms with Crippen molar-refractivity contribution in [2.24, 2.45) is 0 Å². The molecule has 0 aliphatic carbocycles. The highest BCUT2D eigenvalue weighted by molar-refractivity contribution is 5.81. The van der Waals surface area contributed by atoms with Gasteiger partial charge in [-0.2, -0.15) is 0 Å². The second-order valence-electron chi connectivity index (χ2n) is 3.93. The van der Waals surface area contributed by atoms with Crippen LogP contribution in [0.2, 0.25) is 0 Å². The molecular formula is C13H15NO2. The van der Waals surface area contributed by atoms with E-state index in [0.29, 0.717) is 18.6 Å². The van der Waals surface area contributed by atoms with Crippen LogP contribution in [0.5, 0.6) is 0 Å². The van der Waals surface area contributed by atoms with E-state index in [1.54, 1.807) is 6.08 Å². The van der Waals surface area contributed by atoms with E-state index in [2.05, 4.69) is 4.90 Å². The van der Waals surface area contributed by atoms with Crippen LogP contribution in [0.1, 0.15) is 18.4 Å². The average Bonchev–Trinajstić information content (AvgIpc) is 2.32. The van der Waals surface area contributed by atoms with Gasteiger partial charge in [-0.15, -0.1) is 0 Å². The van der Waals surface area contributed by atoms with Crippen molar-refractivity contribution in [3.8, 4) is 0 Å². The van der Waals surface area contributed by atoms with Crippen molar-refractivity contribution in [3.63, 3.8) is 0 Å². The number of nitrogens with zero attached hydrogens (tertiary/aromatic N) is 1. The lowest BCUT2D eigenvalue weighted by molar-refractivity contribution is -0.119. The first-order valence-corrected chi connectivity index (χ1v) is 5.47. The molecule has 0 atom stereocenters. The van der Waals surface area contributed by atoms with Gasteiger partial charge in [0.1, 0.15) is 5.78 Å². The lowest BCUT2D eigenvalue weighted by Crippen LogP contribution is -2.33. The summed E-state index contributed by atoms with van der Waals surface area (Å²) in [7, 11) is 0. The highest BCUT2D eigenvalue weighted by Gasteiger charge is 2.15. The van der Waals surface area contributed by atoms with Crippen molar-refractivity contribution >= 4 is 17.5 Å². The van der Waals surface area contributed by atoms with Crippen molar-refractivity contribution in [1.82, 2.24) is 0 Å². The molecule has 0 saturated carbocycles. The minimum absolute atomic E-state index is 0.357. The van der Waals surface area contributed by atoms with Crippen LogP contribution in [0.15, 0.2) is 30.5 Å². The number of hydrogen-bond acceptors (Lipinski definition) is 3. The van der Waals surface area contributed by atoms with Gasteiger partial charge in [0.15, 0.2) is 0 Å². The summed E-state index contributed by atoms with van der Waals surface area (Å²) in [5.41, 5.74) is 2.11. The third-order valence-corrected chi connectivity index (χ3v) is 2.85. The molecule has 0 spiro atoms. The summed E-state index contributed by atoms with van der Waals surface area (Å²) >= 11 is 0. The first-order chi connectivity index (χ1) is 7.79. The molecule has 0 unspecified atom stereocenters. The molecule has 3 nitrogen and oxygen atoms in total. The SMILES string of the molecule is O=C1CCN(c2ccc(/C=C/O)cc2)CC1. The molecule has 0 bridgehead atoms. The molecule has 0 aromatic heterocycles. The molecule has 1 heterocycles. The smallest absolute Gasteiger partial charge is 0.136 e. The maximum Gasteiger partial charge on any atom is 0.136 e. The largest absolute Gasteiger partial charge is 0.516 e. The summed E-state index contributed by atoms with van der Waals surface area (Å²) in [5, 5.41) is 8.64. The minimum atomic E-state index is 0.357. The van der Waals surface area contributed by atoms with Gasteiger partial charge in [-0.3, -0.25) is 4.79 Å². The Hall–Kier alpha value is -1.77. The first kappa shape index (κ1) is 10.7. The van der Waals surface area contributed by atoms with Crippen LogP contribution >= 0.6 is 0 Å². The molecular weight excluding hydrogens is 202 g/mol.